The van der Waals surface area contributed by atoms with Crippen LogP contribution in [0, 0.1) is 0 Å². The van der Waals surface area contributed by atoms with Gasteiger partial charge in [0.1, 0.15) is 0 Å². The summed E-state index contributed by atoms with van der Waals surface area (Å²) in [6.45, 7) is 1.41. The van der Waals surface area contributed by atoms with Crippen molar-refractivity contribution in [2.45, 2.75) is 6.92 Å². The number of hydrogen-bond acceptors (Lipinski definition) is 3. The maximum atomic E-state index is 12.2. The van der Waals surface area contributed by atoms with Crippen molar-refractivity contribution < 1.29 is 9.59 Å². The van der Waals surface area contributed by atoms with E-state index in [1.165, 1.54) is 13.0 Å². The largest absolute Gasteiger partial charge is 0.326 e. The standard InChI is InChI=1S/C16H14N2O2/c1-12(19)18-15-5-3-2-4-14(15)16(20)7-6-13-8-10-17-11-9-13/h2-11H,1H3,(H,18,19). The van der Waals surface area contributed by atoms with Crippen LogP contribution in [0.1, 0.15) is 22.8 Å². The fourth-order valence-corrected chi connectivity index (χ4v) is 1.73. The minimum Gasteiger partial charge on any atom is -0.326 e. The first-order valence-corrected chi connectivity index (χ1v) is 6.16. The first kappa shape index (κ1) is 13.7. The third-order valence-corrected chi connectivity index (χ3v) is 2.64. The van der Waals surface area contributed by atoms with Gasteiger partial charge in [0.2, 0.25) is 5.91 Å². The summed E-state index contributed by atoms with van der Waals surface area (Å²) >= 11 is 0. The Morgan fingerprint density at radius 3 is 2.50 bits per heavy atom. The molecule has 4 nitrogen and oxygen atoms in total. The molecular weight excluding hydrogens is 252 g/mol. The molecule has 2 aromatic rings. The zero-order valence-corrected chi connectivity index (χ0v) is 11.0. The Morgan fingerprint density at radius 2 is 1.80 bits per heavy atom. The number of allylic oxidation sites excluding steroid dienone is 1. The highest BCUT2D eigenvalue weighted by Crippen LogP contribution is 2.16. The average Bonchev–Trinajstić information content (AvgIpc) is 2.46. The first-order chi connectivity index (χ1) is 9.66. The number of pyridine rings is 1. The molecular formula is C16H14N2O2. The van der Waals surface area contributed by atoms with Crippen LogP contribution in [0.2, 0.25) is 0 Å². The summed E-state index contributed by atoms with van der Waals surface area (Å²) in [5, 5.41) is 2.65. The molecule has 0 fully saturated rings. The smallest absolute Gasteiger partial charge is 0.221 e. The molecule has 1 aromatic heterocycles. The van der Waals surface area contributed by atoms with Crippen molar-refractivity contribution in [2.75, 3.05) is 5.32 Å². The Kier molecular flexibility index (Phi) is 4.39. The second-order valence-corrected chi connectivity index (χ2v) is 4.20. The maximum Gasteiger partial charge on any atom is 0.221 e. The number of ketones is 1. The topological polar surface area (TPSA) is 59.1 Å². The van der Waals surface area contributed by atoms with E-state index < -0.39 is 0 Å². The third kappa shape index (κ3) is 3.62. The Morgan fingerprint density at radius 1 is 1.10 bits per heavy atom. The Hall–Kier alpha value is -2.75. The fraction of sp³-hybridized carbons (Fsp3) is 0.0625. The number of benzene rings is 1. The number of anilines is 1. The second-order valence-electron chi connectivity index (χ2n) is 4.20. The number of nitrogens with zero attached hydrogens (tertiary/aromatic N) is 1. The molecule has 4 heteroatoms. The molecule has 0 unspecified atom stereocenters. The van der Waals surface area contributed by atoms with Crippen LogP contribution in [-0.4, -0.2) is 16.7 Å². The van der Waals surface area contributed by atoms with Gasteiger partial charge in [-0.15, -0.1) is 0 Å². The van der Waals surface area contributed by atoms with Gasteiger partial charge in [-0.2, -0.15) is 0 Å². The van der Waals surface area contributed by atoms with Crippen LogP contribution < -0.4 is 5.32 Å². The van der Waals surface area contributed by atoms with Crippen LogP contribution >= 0.6 is 0 Å². The van der Waals surface area contributed by atoms with E-state index in [0.717, 1.165) is 5.56 Å². The summed E-state index contributed by atoms with van der Waals surface area (Å²) in [6.07, 6.45) is 6.52. The molecule has 0 atom stereocenters. The highest BCUT2D eigenvalue weighted by Gasteiger charge is 2.08. The molecule has 0 aliphatic carbocycles. The number of hydrogen-bond donors (Lipinski definition) is 1. The molecule has 0 saturated carbocycles. The van der Waals surface area contributed by atoms with Gasteiger partial charge < -0.3 is 5.32 Å². The lowest BCUT2D eigenvalue weighted by atomic mass is 10.1. The number of nitrogens with one attached hydrogen (secondary N) is 1. The van der Waals surface area contributed by atoms with Crippen molar-refractivity contribution >= 4 is 23.5 Å². The predicted octanol–water partition coefficient (Wildman–Crippen LogP) is 2.94. The second kappa shape index (κ2) is 6.43. The van der Waals surface area contributed by atoms with Gasteiger partial charge >= 0.3 is 0 Å². The Balaban J connectivity index is 2.21. The number of amides is 1. The minimum atomic E-state index is -0.205. The molecule has 1 N–H and O–H groups in total. The van der Waals surface area contributed by atoms with Crippen molar-refractivity contribution in [3.05, 3.63) is 66.0 Å². The first-order valence-electron chi connectivity index (χ1n) is 6.16. The summed E-state index contributed by atoms with van der Waals surface area (Å²) in [5.74, 6) is -0.366. The van der Waals surface area contributed by atoms with Crippen molar-refractivity contribution in [3.63, 3.8) is 0 Å². The molecule has 0 aliphatic heterocycles. The molecule has 1 amide bonds. The van der Waals surface area contributed by atoms with Gasteiger partial charge in [-0.1, -0.05) is 18.2 Å². The van der Waals surface area contributed by atoms with Crippen LogP contribution in [0.4, 0.5) is 5.69 Å². The van der Waals surface area contributed by atoms with Crippen LogP contribution in [0.5, 0.6) is 0 Å². The van der Waals surface area contributed by atoms with Crippen molar-refractivity contribution in [3.8, 4) is 0 Å². The molecule has 100 valence electrons. The Bertz CT molecular complexity index is 649. The zero-order chi connectivity index (χ0) is 14.4. The summed E-state index contributed by atoms with van der Waals surface area (Å²) in [5.41, 5.74) is 1.88. The van der Waals surface area contributed by atoms with Gasteiger partial charge in [0.15, 0.2) is 5.78 Å². The molecule has 0 aliphatic rings. The van der Waals surface area contributed by atoms with E-state index in [4.69, 9.17) is 0 Å². The molecule has 0 spiro atoms. The lowest BCUT2D eigenvalue weighted by Crippen LogP contribution is -2.09. The van der Waals surface area contributed by atoms with Gasteiger partial charge in [-0.25, -0.2) is 0 Å². The predicted molar refractivity (Wildman–Crippen MR) is 78.3 cm³/mol. The van der Waals surface area contributed by atoms with Crippen LogP contribution in [0.15, 0.2) is 54.9 Å². The van der Waals surface area contributed by atoms with Crippen molar-refractivity contribution in [1.82, 2.24) is 4.98 Å². The molecule has 0 bridgehead atoms. The lowest BCUT2D eigenvalue weighted by Gasteiger charge is -2.06. The third-order valence-electron chi connectivity index (χ3n) is 2.64. The van der Waals surface area contributed by atoms with Gasteiger partial charge in [-0.3, -0.25) is 14.6 Å². The molecule has 1 heterocycles. The highest BCUT2D eigenvalue weighted by atomic mass is 16.1. The SMILES string of the molecule is CC(=O)Nc1ccccc1C(=O)C=Cc1ccncc1. The van der Waals surface area contributed by atoms with E-state index in [2.05, 4.69) is 10.3 Å². The van der Waals surface area contributed by atoms with E-state index in [1.54, 1.807) is 42.7 Å². The van der Waals surface area contributed by atoms with Gasteiger partial charge in [0.25, 0.3) is 0 Å². The van der Waals surface area contributed by atoms with E-state index in [1.807, 2.05) is 12.1 Å². The molecule has 2 rings (SSSR count). The summed E-state index contributed by atoms with van der Waals surface area (Å²) in [6, 6.07) is 10.5. The van der Waals surface area contributed by atoms with E-state index >= 15 is 0 Å². The Labute approximate surface area is 117 Å². The highest BCUT2D eigenvalue weighted by molar-refractivity contribution is 6.11. The molecule has 1 aromatic carbocycles. The van der Waals surface area contributed by atoms with Gasteiger partial charge in [-0.05, 0) is 35.9 Å². The van der Waals surface area contributed by atoms with E-state index in [-0.39, 0.29) is 11.7 Å². The molecule has 0 saturated heterocycles. The number of rotatable bonds is 4. The fourth-order valence-electron chi connectivity index (χ4n) is 1.73. The van der Waals surface area contributed by atoms with Crippen LogP contribution in [-0.2, 0) is 4.79 Å². The average molecular weight is 266 g/mol. The summed E-state index contributed by atoms with van der Waals surface area (Å²) in [7, 11) is 0. The van der Waals surface area contributed by atoms with Crippen LogP contribution in [0.25, 0.3) is 6.08 Å². The van der Waals surface area contributed by atoms with Crippen molar-refractivity contribution in [1.29, 1.82) is 0 Å². The summed E-state index contributed by atoms with van der Waals surface area (Å²) in [4.78, 5) is 27.2. The summed E-state index contributed by atoms with van der Waals surface area (Å²) < 4.78 is 0. The minimum absolute atomic E-state index is 0.161. The number of aromatic nitrogens is 1. The van der Waals surface area contributed by atoms with E-state index in [0.29, 0.717) is 11.3 Å². The van der Waals surface area contributed by atoms with Gasteiger partial charge in [0, 0.05) is 24.9 Å². The normalized spacial score (nSPS) is 10.4. The number of carbonyl (C=O) groups is 2. The van der Waals surface area contributed by atoms with E-state index in [9.17, 15) is 9.59 Å². The quantitative estimate of drug-likeness (QED) is 0.683. The number of carbonyl (C=O) groups excluding carboxylic acids is 2. The monoisotopic (exact) mass is 266 g/mol. The molecule has 0 radical (unpaired) electrons. The van der Waals surface area contributed by atoms with Crippen LogP contribution in [0.3, 0.4) is 0 Å². The lowest BCUT2D eigenvalue weighted by molar-refractivity contribution is -0.114. The maximum absolute atomic E-state index is 12.2. The number of para-hydroxylation sites is 1. The zero-order valence-electron chi connectivity index (χ0n) is 11.0. The van der Waals surface area contributed by atoms with Crippen molar-refractivity contribution in [2.24, 2.45) is 0 Å². The molecule has 20 heavy (non-hydrogen) atoms. The van der Waals surface area contributed by atoms with Gasteiger partial charge in [0.05, 0.1) is 5.69 Å².